The van der Waals surface area contributed by atoms with Gasteiger partial charge in [0, 0.05) is 29.9 Å². The normalized spacial score (nSPS) is 19.4. The van der Waals surface area contributed by atoms with E-state index < -0.39 is 0 Å². The number of allylic oxidation sites excluding steroid dienone is 1. The van der Waals surface area contributed by atoms with Crippen molar-refractivity contribution in [2.75, 3.05) is 25.7 Å². The summed E-state index contributed by atoms with van der Waals surface area (Å²) in [7, 11) is 3.74. The summed E-state index contributed by atoms with van der Waals surface area (Å²) in [5.41, 5.74) is 4.97. The summed E-state index contributed by atoms with van der Waals surface area (Å²) < 4.78 is 11.2. The number of carbonyl (C=O) groups excluding carboxylic acids is 1. The molecule has 1 saturated heterocycles. The fourth-order valence-electron chi connectivity index (χ4n) is 4.01. The summed E-state index contributed by atoms with van der Waals surface area (Å²) in [6.07, 6.45) is 4.13. The van der Waals surface area contributed by atoms with Crippen LogP contribution in [0.4, 0.5) is 11.4 Å². The number of hydrogen-bond acceptors (Lipinski definition) is 6. The van der Waals surface area contributed by atoms with Gasteiger partial charge in [0.15, 0.2) is 5.17 Å². The van der Waals surface area contributed by atoms with Gasteiger partial charge in [-0.3, -0.25) is 4.79 Å². The minimum absolute atomic E-state index is 0.0878. The second-order valence-corrected chi connectivity index (χ2v) is 9.59. The van der Waals surface area contributed by atoms with Crippen molar-refractivity contribution in [1.82, 2.24) is 5.32 Å². The molecule has 0 radical (unpaired) electrons. The molecule has 2 aliphatic rings. The summed E-state index contributed by atoms with van der Waals surface area (Å²) >= 11 is 1.32. The highest BCUT2D eigenvalue weighted by molar-refractivity contribution is 8.18. The number of nitrogens with one attached hydrogen (secondary N) is 1. The molecule has 0 bridgehead atoms. The van der Waals surface area contributed by atoms with Gasteiger partial charge in [0.05, 0.1) is 29.8 Å². The number of thioether (sulfide) groups is 1. The first-order valence-electron chi connectivity index (χ1n) is 10.9. The molecule has 1 N–H and O–H groups in total. The lowest BCUT2D eigenvalue weighted by Crippen LogP contribution is -2.42. The Morgan fingerprint density at radius 2 is 1.94 bits per heavy atom. The van der Waals surface area contributed by atoms with Crippen LogP contribution in [0.5, 0.6) is 11.5 Å². The SMILES string of the molecule is CCOc1ccc(N=C2NC(=O)/C(=C\c3cc4c(cc3OC)N(C)C(C)(C)C=C4C)S2)cc1. The standard InChI is InChI=1S/C26H29N3O3S/c1-7-32-19-10-8-18(9-11-19)27-25-28-24(30)23(33-25)13-17-12-20-16(2)15-26(3,4)29(5)21(20)14-22(17)31-6/h8-15H,7H2,1-6H3,(H,27,28,30)/b23-13+. The number of amidine groups is 1. The molecule has 0 aromatic heterocycles. The van der Waals surface area contributed by atoms with E-state index in [4.69, 9.17) is 9.47 Å². The molecule has 7 heteroatoms. The van der Waals surface area contributed by atoms with Gasteiger partial charge in [-0.1, -0.05) is 6.08 Å². The molecule has 1 fully saturated rings. The van der Waals surface area contributed by atoms with Gasteiger partial charge < -0.3 is 19.7 Å². The number of carbonyl (C=O) groups is 1. The van der Waals surface area contributed by atoms with E-state index in [-0.39, 0.29) is 11.4 Å². The number of aliphatic imine (C=N–C) groups is 1. The molecule has 6 nitrogen and oxygen atoms in total. The molecule has 4 rings (SSSR count). The van der Waals surface area contributed by atoms with Crippen LogP contribution in [0.15, 0.2) is 52.4 Å². The van der Waals surface area contributed by atoms with Crippen LogP contribution in [0.3, 0.4) is 0 Å². The average molecular weight is 464 g/mol. The van der Waals surface area contributed by atoms with Crippen LogP contribution in [0.2, 0.25) is 0 Å². The number of fused-ring (bicyclic) bond motifs is 1. The van der Waals surface area contributed by atoms with E-state index >= 15 is 0 Å². The first kappa shape index (κ1) is 23.0. The molecule has 0 saturated carbocycles. The smallest absolute Gasteiger partial charge is 0.264 e. The van der Waals surface area contributed by atoms with Crippen LogP contribution in [-0.2, 0) is 4.79 Å². The zero-order valence-corrected chi connectivity index (χ0v) is 20.7. The molecule has 1 amide bonds. The van der Waals surface area contributed by atoms with Gasteiger partial charge in [-0.2, -0.15) is 0 Å². The predicted molar refractivity (Wildman–Crippen MR) is 138 cm³/mol. The highest BCUT2D eigenvalue weighted by Gasteiger charge is 2.30. The van der Waals surface area contributed by atoms with Gasteiger partial charge in [0.2, 0.25) is 0 Å². The Morgan fingerprint density at radius 3 is 2.61 bits per heavy atom. The summed E-state index contributed by atoms with van der Waals surface area (Å²) in [5, 5.41) is 3.40. The van der Waals surface area contributed by atoms with Crippen molar-refractivity contribution in [3.63, 3.8) is 0 Å². The molecule has 33 heavy (non-hydrogen) atoms. The lowest BCUT2D eigenvalue weighted by Gasteiger charge is -2.41. The van der Waals surface area contributed by atoms with Gasteiger partial charge >= 0.3 is 0 Å². The molecule has 2 aromatic carbocycles. The Morgan fingerprint density at radius 1 is 1.21 bits per heavy atom. The predicted octanol–water partition coefficient (Wildman–Crippen LogP) is 5.62. The number of rotatable bonds is 5. The summed E-state index contributed by atoms with van der Waals surface area (Å²) in [5.74, 6) is 1.35. The number of anilines is 1. The Balaban J connectivity index is 1.64. The van der Waals surface area contributed by atoms with Crippen molar-refractivity contribution in [2.45, 2.75) is 33.2 Å². The Labute approximate surface area is 199 Å². The molecule has 0 spiro atoms. The van der Waals surface area contributed by atoms with Crippen molar-refractivity contribution >= 4 is 45.9 Å². The lowest BCUT2D eigenvalue weighted by atomic mass is 9.88. The highest BCUT2D eigenvalue weighted by Crippen LogP contribution is 2.42. The van der Waals surface area contributed by atoms with Crippen LogP contribution < -0.4 is 19.7 Å². The van der Waals surface area contributed by atoms with Gasteiger partial charge in [-0.05, 0) is 81.4 Å². The Kier molecular flexibility index (Phi) is 6.26. The molecular formula is C26H29N3O3S. The maximum Gasteiger partial charge on any atom is 0.264 e. The van der Waals surface area contributed by atoms with Gasteiger partial charge in [0.25, 0.3) is 5.91 Å². The van der Waals surface area contributed by atoms with Crippen LogP contribution in [-0.4, -0.2) is 37.4 Å². The third-order valence-corrected chi connectivity index (χ3v) is 6.79. The first-order valence-corrected chi connectivity index (χ1v) is 11.7. The first-order chi connectivity index (χ1) is 15.7. The number of ether oxygens (including phenoxy) is 2. The van der Waals surface area contributed by atoms with Gasteiger partial charge in [-0.15, -0.1) is 0 Å². The molecular weight excluding hydrogens is 434 g/mol. The van der Waals surface area contributed by atoms with Crippen LogP contribution in [0, 0.1) is 0 Å². The summed E-state index contributed by atoms with van der Waals surface area (Å²) in [6.45, 7) is 9.05. The second-order valence-electron chi connectivity index (χ2n) is 8.56. The van der Waals surface area contributed by atoms with E-state index in [1.165, 1.54) is 17.3 Å². The number of benzene rings is 2. The van der Waals surface area contributed by atoms with Crippen LogP contribution >= 0.6 is 11.8 Å². The number of methoxy groups -OCH3 is 1. The van der Waals surface area contributed by atoms with E-state index in [0.29, 0.717) is 16.7 Å². The largest absolute Gasteiger partial charge is 0.496 e. The fourth-order valence-corrected chi connectivity index (χ4v) is 4.84. The minimum atomic E-state index is -0.171. The Hall–Kier alpha value is -3.19. The summed E-state index contributed by atoms with van der Waals surface area (Å²) in [4.78, 5) is 20.0. The number of nitrogens with zero attached hydrogens (tertiary/aromatic N) is 2. The van der Waals surface area contributed by atoms with Crippen LogP contribution in [0.1, 0.15) is 38.8 Å². The van der Waals surface area contributed by atoms with Gasteiger partial charge in [0.1, 0.15) is 11.5 Å². The third kappa shape index (κ3) is 4.64. The van der Waals surface area contributed by atoms with Crippen molar-refractivity contribution < 1.29 is 14.3 Å². The highest BCUT2D eigenvalue weighted by atomic mass is 32.2. The van der Waals surface area contributed by atoms with Crippen LogP contribution in [0.25, 0.3) is 11.6 Å². The number of hydrogen-bond donors (Lipinski definition) is 1. The monoisotopic (exact) mass is 463 g/mol. The van der Waals surface area contributed by atoms with Crippen molar-refractivity contribution in [2.24, 2.45) is 4.99 Å². The third-order valence-electron chi connectivity index (χ3n) is 5.88. The lowest BCUT2D eigenvalue weighted by molar-refractivity contribution is -0.115. The number of likely N-dealkylation sites (N-methyl/N-ethyl adjacent to an activating group) is 1. The Bertz CT molecular complexity index is 1180. The maximum absolute atomic E-state index is 12.6. The molecule has 0 aliphatic carbocycles. The van der Waals surface area contributed by atoms with E-state index in [9.17, 15) is 4.79 Å². The van der Waals surface area contributed by atoms with E-state index in [0.717, 1.165) is 34.0 Å². The quantitative estimate of drug-likeness (QED) is 0.584. The van der Waals surface area contributed by atoms with Crippen molar-refractivity contribution in [3.05, 3.63) is 58.5 Å². The topological polar surface area (TPSA) is 63.2 Å². The van der Waals surface area contributed by atoms with Gasteiger partial charge in [-0.25, -0.2) is 4.99 Å². The van der Waals surface area contributed by atoms with E-state index in [1.54, 1.807) is 7.11 Å². The molecule has 172 valence electrons. The second kappa shape index (κ2) is 8.98. The molecule has 2 aliphatic heterocycles. The van der Waals surface area contributed by atoms with E-state index in [1.807, 2.05) is 43.3 Å². The van der Waals surface area contributed by atoms with Crippen molar-refractivity contribution in [1.29, 1.82) is 0 Å². The molecule has 0 atom stereocenters. The minimum Gasteiger partial charge on any atom is -0.496 e. The maximum atomic E-state index is 12.6. The average Bonchev–Trinajstić information content (AvgIpc) is 3.11. The molecule has 2 heterocycles. The molecule has 0 unspecified atom stereocenters. The number of amides is 1. The summed E-state index contributed by atoms with van der Waals surface area (Å²) in [6, 6.07) is 11.6. The molecule has 2 aromatic rings. The fraction of sp³-hybridized carbons (Fsp3) is 0.308. The van der Waals surface area contributed by atoms with Crippen molar-refractivity contribution in [3.8, 4) is 11.5 Å². The zero-order chi connectivity index (χ0) is 23.8. The zero-order valence-electron chi connectivity index (χ0n) is 19.9. The van der Waals surface area contributed by atoms with E-state index in [2.05, 4.69) is 55.2 Å².